The molecule has 0 aliphatic rings. The van der Waals surface area contributed by atoms with Crippen molar-refractivity contribution in [1.82, 2.24) is 5.32 Å². The zero-order chi connectivity index (χ0) is 18.2. The van der Waals surface area contributed by atoms with Gasteiger partial charge in [0, 0.05) is 53.7 Å². The third-order valence-electron chi connectivity index (χ3n) is 4.06. The van der Waals surface area contributed by atoms with Gasteiger partial charge in [-0.3, -0.25) is 9.00 Å². The lowest BCUT2D eigenvalue weighted by Crippen LogP contribution is -2.35. The van der Waals surface area contributed by atoms with E-state index in [0.29, 0.717) is 17.9 Å². The van der Waals surface area contributed by atoms with Gasteiger partial charge >= 0.3 is 0 Å². The minimum absolute atomic E-state index is 0.0930. The quantitative estimate of drug-likeness (QED) is 0.789. The Morgan fingerprint density at radius 2 is 1.92 bits per heavy atom. The second-order valence-electron chi connectivity index (χ2n) is 6.04. The van der Waals surface area contributed by atoms with E-state index < -0.39 is 10.8 Å². The minimum Gasteiger partial charge on any atom is -0.370 e. The number of carbonyl (C=O) groups excluding carboxylic acids is 1. The van der Waals surface area contributed by atoms with Crippen molar-refractivity contribution in [3.63, 3.8) is 0 Å². The van der Waals surface area contributed by atoms with Crippen molar-refractivity contribution in [3.05, 3.63) is 65.2 Å². The molecule has 1 amide bonds. The van der Waals surface area contributed by atoms with E-state index >= 15 is 0 Å². The summed E-state index contributed by atoms with van der Waals surface area (Å²) >= 11 is 0. The number of hydrogen-bond donors (Lipinski definition) is 1. The van der Waals surface area contributed by atoms with Gasteiger partial charge in [-0.1, -0.05) is 30.3 Å². The van der Waals surface area contributed by atoms with Crippen molar-refractivity contribution in [3.8, 4) is 0 Å². The number of carbonyl (C=O) groups is 1. The number of anilines is 1. The van der Waals surface area contributed by atoms with Gasteiger partial charge in [-0.2, -0.15) is 0 Å². The van der Waals surface area contributed by atoms with Gasteiger partial charge in [0.25, 0.3) is 5.91 Å². The molecule has 0 fully saturated rings. The van der Waals surface area contributed by atoms with Crippen LogP contribution in [0.5, 0.6) is 0 Å². The second-order valence-corrected chi connectivity index (χ2v) is 7.48. The lowest BCUT2D eigenvalue weighted by molar-refractivity contribution is 0.0954. The van der Waals surface area contributed by atoms with Crippen LogP contribution in [0.4, 0.5) is 5.69 Å². The summed E-state index contributed by atoms with van der Waals surface area (Å²) in [5.74, 6) is 0.377. The van der Waals surface area contributed by atoms with E-state index in [-0.39, 0.29) is 5.91 Å². The molecule has 2 aromatic rings. The Bertz CT molecular complexity index is 746. The summed E-state index contributed by atoms with van der Waals surface area (Å²) in [6.45, 7) is 6.43. The Hall–Kier alpha value is -2.14. The summed E-state index contributed by atoms with van der Waals surface area (Å²) < 4.78 is 11.3. The molecule has 2 rings (SSSR count). The number of nitrogens with one attached hydrogen (secondary N) is 1. The molecule has 0 radical (unpaired) electrons. The molecular weight excluding hydrogens is 332 g/mol. The predicted octanol–water partition coefficient (Wildman–Crippen LogP) is 3.13. The van der Waals surface area contributed by atoms with Crippen LogP contribution in [-0.4, -0.2) is 36.0 Å². The molecular formula is C20H26N2O2S. The predicted molar refractivity (Wildman–Crippen MR) is 106 cm³/mol. The van der Waals surface area contributed by atoms with Gasteiger partial charge in [0.2, 0.25) is 0 Å². The number of nitrogens with zero attached hydrogens (tertiary/aromatic N) is 1. The van der Waals surface area contributed by atoms with Gasteiger partial charge in [0.05, 0.1) is 0 Å². The molecule has 0 saturated carbocycles. The SMILES string of the molecule is CCN(CCNC(=O)c1cccc(C[S@](C)=O)c1)c1ccccc1C. The van der Waals surface area contributed by atoms with Gasteiger partial charge in [0.1, 0.15) is 0 Å². The minimum atomic E-state index is -0.913. The van der Waals surface area contributed by atoms with Gasteiger partial charge in [-0.15, -0.1) is 0 Å². The van der Waals surface area contributed by atoms with Crippen LogP contribution in [0.1, 0.15) is 28.4 Å². The first-order chi connectivity index (χ1) is 12.0. The summed E-state index contributed by atoms with van der Waals surface area (Å²) in [6, 6.07) is 15.6. The standard InChI is InChI=1S/C20H26N2O2S/c1-4-22(19-11-6-5-8-16(19)2)13-12-21-20(23)18-10-7-9-17(14-18)15-25(3)24/h5-11,14H,4,12-13,15H2,1-3H3,(H,21,23)/t25-/m0/s1. The number of amides is 1. The molecule has 2 aromatic carbocycles. The Labute approximate surface area is 152 Å². The lowest BCUT2D eigenvalue weighted by atomic mass is 10.1. The molecule has 0 aromatic heterocycles. The monoisotopic (exact) mass is 358 g/mol. The highest BCUT2D eigenvalue weighted by molar-refractivity contribution is 7.83. The number of para-hydroxylation sites is 1. The largest absolute Gasteiger partial charge is 0.370 e. The summed E-state index contributed by atoms with van der Waals surface area (Å²) in [5, 5.41) is 2.98. The fourth-order valence-electron chi connectivity index (χ4n) is 2.81. The van der Waals surface area contributed by atoms with Crippen molar-refractivity contribution >= 4 is 22.4 Å². The molecule has 0 aliphatic heterocycles. The third-order valence-corrected chi connectivity index (χ3v) is 4.80. The van der Waals surface area contributed by atoms with Gasteiger partial charge in [-0.05, 0) is 43.2 Å². The van der Waals surface area contributed by atoms with Crippen molar-refractivity contribution in [2.45, 2.75) is 19.6 Å². The van der Waals surface area contributed by atoms with E-state index in [1.54, 1.807) is 12.3 Å². The van der Waals surface area contributed by atoms with E-state index in [0.717, 1.165) is 18.7 Å². The summed E-state index contributed by atoms with van der Waals surface area (Å²) in [6.07, 6.45) is 1.66. The Balaban J connectivity index is 1.93. The first kappa shape index (κ1) is 19.2. The average molecular weight is 359 g/mol. The number of aryl methyl sites for hydroxylation is 1. The number of rotatable bonds is 8. The third kappa shape index (κ3) is 5.71. The Morgan fingerprint density at radius 1 is 1.16 bits per heavy atom. The fraction of sp³-hybridized carbons (Fsp3) is 0.350. The first-order valence-electron chi connectivity index (χ1n) is 8.49. The zero-order valence-electron chi connectivity index (χ0n) is 15.1. The molecule has 25 heavy (non-hydrogen) atoms. The topological polar surface area (TPSA) is 49.4 Å². The first-order valence-corrected chi connectivity index (χ1v) is 10.2. The van der Waals surface area contributed by atoms with Gasteiger partial charge in [-0.25, -0.2) is 0 Å². The maximum Gasteiger partial charge on any atom is 0.251 e. The molecule has 0 bridgehead atoms. The number of benzene rings is 2. The van der Waals surface area contributed by atoms with Crippen molar-refractivity contribution < 1.29 is 9.00 Å². The van der Waals surface area contributed by atoms with E-state index in [9.17, 15) is 9.00 Å². The molecule has 1 atom stereocenters. The molecule has 0 aliphatic carbocycles. The van der Waals surface area contributed by atoms with Crippen LogP contribution in [0.15, 0.2) is 48.5 Å². The van der Waals surface area contributed by atoms with Gasteiger partial charge < -0.3 is 10.2 Å². The molecule has 0 heterocycles. The maximum absolute atomic E-state index is 12.4. The number of likely N-dealkylation sites (N-methyl/N-ethyl adjacent to an activating group) is 1. The maximum atomic E-state index is 12.4. The Morgan fingerprint density at radius 3 is 2.60 bits per heavy atom. The highest BCUT2D eigenvalue weighted by Crippen LogP contribution is 2.18. The van der Waals surface area contributed by atoms with Crippen LogP contribution >= 0.6 is 0 Å². The van der Waals surface area contributed by atoms with E-state index in [1.807, 2.05) is 30.3 Å². The average Bonchev–Trinajstić information content (AvgIpc) is 2.59. The van der Waals surface area contributed by atoms with Crippen LogP contribution in [0, 0.1) is 6.92 Å². The van der Waals surface area contributed by atoms with Crippen LogP contribution < -0.4 is 10.2 Å². The summed E-state index contributed by atoms with van der Waals surface area (Å²) in [4.78, 5) is 14.6. The van der Waals surface area contributed by atoms with Crippen molar-refractivity contribution in [2.24, 2.45) is 0 Å². The molecule has 1 N–H and O–H groups in total. The zero-order valence-corrected chi connectivity index (χ0v) is 15.9. The molecule has 0 spiro atoms. The molecule has 5 heteroatoms. The van der Waals surface area contributed by atoms with E-state index in [2.05, 4.69) is 36.2 Å². The normalized spacial score (nSPS) is 11.8. The smallest absolute Gasteiger partial charge is 0.251 e. The molecule has 0 saturated heterocycles. The fourth-order valence-corrected chi connectivity index (χ4v) is 3.46. The molecule has 0 unspecified atom stereocenters. The highest BCUT2D eigenvalue weighted by atomic mass is 32.2. The number of hydrogen-bond acceptors (Lipinski definition) is 3. The molecule has 134 valence electrons. The lowest BCUT2D eigenvalue weighted by Gasteiger charge is -2.25. The van der Waals surface area contributed by atoms with Crippen LogP contribution in [-0.2, 0) is 16.6 Å². The van der Waals surface area contributed by atoms with Crippen molar-refractivity contribution in [2.75, 3.05) is 30.8 Å². The summed E-state index contributed by atoms with van der Waals surface area (Å²) in [7, 11) is -0.913. The van der Waals surface area contributed by atoms with Crippen molar-refractivity contribution in [1.29, 1.82) is 0 Å². The van der Waals surface area contributed by atoms with Crippen LogP contribution in [0.25, 0.3) is 0 Å². The van der Waals surface area contributed by atoms with Crippen LogP contribution in [0.3, 0.4) is 0 Å². The van der Waals surface area contributed by atoms with E-state index in [4.69, 9.17) is 0 Å². The highest BCUT2D eigenvalue weighted by Gasteiger charge is 2.09. The summed E-state index contributed by atoms with van der Waals surface area (Å²) in [5.41, 5.74) is 3.97. The molecule has 4 nitrogen and oxygen atoms in total. The second kappa shape index (κ2) is 9.37. The van der Waals surface area contributed by atoms with E-state index in [1.165, 1.54) is 11.3 Å². The van der Waals surface area contributed by atoms with Crippen LogP contribution in [0.2, 0.25) is 0 Å². The van der Waals surface area contributed by atoms with Gasteiger partial charge in [0.15, 0.2) is 0 Å². The Kier molecular flexibility index (Phi) is 7.19.